The van der Waals surface area contributed by atoms with Crippen LogP contribution in [0.1, 0.15) is 13.3 Å². The predicted molar refractivity (Wildman–Crippen MR) is 60.4 cm³/mol. The fraction of sp³-hybridized carbons (Fsp3) is 0.875. The van der Waals surface area contributed by atoms with Gasteiger partial charge in [0, 0.05) is 0 Å². The van der Waals surface area contributed by atoms with Gasteiger partial charge in [-0.25, -0.2) is 8.42 Å². The lowest BCUT2D eigenvalue weighted by molar-refractivity contribution is 0.187. The summed E-state index contributed by atoms with van der Waals surface area (Å²) in [7, 11) is -2.95. The molecule has 1 aliphatic rings. The molecule has 0 aromatic carbocycles. The van der Waals surface area contributed by atoms with Crippen LogP contribution in [0.2, 0.25) is 0 Å². The summed E-state index contributed by atoms with van der Waals surface area (Å²) in [5.74, 6) is 0.252. The van der Waals surface area contributed by atoms with Crippen molar-refractivity contribution in [2.24, 2.45) is 0 Å². The van der Waals surface area contributed by atoms with E-state index in [-0.39, 0.29) is 29.9 Å². The van der Waals surface area contributed by atoms with Crippen LogP contribution in [0.5, 0.6) is 0 Å². The van der Waals surface area contributed by atoms with Crippen molar-refractivity contribution in [1.82, 2.24) is 5.32 Å². The molecule has 1 atom stereocenters. The van der Waals surface area contributed by atoms with Crippen LogP contribution >= 0.6 is 12.2 Å². The number of hydrogen-bond acceptors (Lipinski definition) is 5. The lowest BCUT2D eigenvalue weighted by atomic mass is 10.0. The average Bonchev–Trinajstić information content (AvgIpc) is 2.37. The smallest absolute Gasteiger partial charge is 0.257 e. The fourth-order valence-corrected chi connectivity index (χ4v) is 3.95. The third-order valence-corrected chi connectivity index (χ3v) is 4.35. The minimum absolute atomic E-state index is 0.0720. The Bertz CT molecular complexity index is 341. The maximum atomic E-state index is 11.3. The summed E-state index contributed by atoms with van der Waals surface area (Å²) in [5.41, 5.74) is -0.536. The van der Waals surface area contributed by atoms with Gasteiger partial charge in [-0.3, -0.25) is 0 Å². The van der Waals surface area contributed by atoms with E-state index in [4.69, 9.17) is 22.1 Å². The zero-order valence-corrected chi connectivity index (χ0v) is 10.2. The van der Waals surface area contributed by atoms with Gasteiger partial charge in [-0.2, -0.15) is 0 Å². The summed E-state index contributed by atoms with van der Waals surface area (Å²) >= 11 is 4.86. The highest BCUT2D eigenvalue weighted by molar-refractivity contribution is 7.91. The van der Waals surface area contributed by atoms with Gasteiger partial charge in [-0.1, -0.05) is 0 Å². The molecule has 0 aromatic heterocycles. The van der Waals surface area contributed by atoms with Gasteiger partial charge in [0.2, 0.25) is 0 Å². The molecule has 15 heavy (non-hydrogen) atoms. The summed E-state index contributed by atoms with van der Waals surface area (Å²) in [4.78, 5) is 0. The topological polar surface area (TPSA) is 75.6 Å². The monoisotopic (exact) mass is 253 g/mol. The zero-order chi connectivity index (χ0) is 11.5. The minimum atomic E-state index is -2.95. The third kappa shape index (κ3) is 3.92. The van der Waals surface area contributed by atoms with E-state index in [0.717, 1.165) is 0 Å². The van der Waals surface area contributed by atoms with Gasteiger partial charge in [0.25, 0.3) is 5.17 Å². The number of nitrogens with one attached hydrogen (secondary N) is 1. The summed E-state index contributed by atoms with van der Waals surface area (Å²) in [6, 6.07) is 0. The standard InChI is InChI=1S/C8H15NO4S2/c1-8(2-5-15(11,12)6-8)9-7(14)13-4-3-10/h10H,2-6H2,1H3,(H,9,14)/t8-/m1/s1. The van der Waals surface area contributed by atoms with Crippen LogP contribution in [0.4, 0.5) is 0 Å². The number of rotatable bonds is 3. The second kappa shape index (κ2) is 4.63. The first-order valence-corrected chi connectivity index (χ1v) is 6.86. The molecule has 0 aromatic rings. The Morgan fingerprint density at radius 1 is 1.67 bits per heavy atom. The lowest BCUT2D eigenvalue weighted by Crippen LogP contribution is -2.47. The number of hydrogen-bond donors (Lipinski definition) is 2. The molecule has 0 radical (unpaired) electrons. The Labute approximate surface area is 94.7 Å². The summed E-state index contributed by atoms with van der Waals surface area (Å²) < 4.78 is 27.5. The molecule has 1 rings (SSSR count). The number of thiocarbonyl (C=S) groups is 1. The maximum absolute atomic E-state index is 11.3. The molecule has 1 aliphatic heterocycles. The largest absolute Gasteiger partial charge is 0.469 e. The Kier molecular flexibility index (Phi) is 3.91. The van der Waals surface area contributed by atoms with Crippen molar-refractivity contribution >= 4 is 27.2 Å². The zero-order valence-electron chi connectivity index (χ0n) is 8.52. The van der Waals surface area contributed by atoms with Crippen LogP contribution in [0.3, 0.4) is 0 Å². The van der Waals surface area contributed by atoms with Crippen LogP contribution in [0.25, 0.3) is 0 Å². The molecule has 5 nitrogen and oxygen atoms in total. The van der Waals surface area contributed by atoms with Gasteiger partial charge in [-0.05, 0) is 25.6 Å². The quantitative estimate of drug-likeness (QED) is 0.657. The highest BCUT2D eigenvalue weighted by Crippen LogP contribution is 2.22. The minimum Gasteiger partial charge on any atom is -0.469 e. The van der Waals surface area contributed by atoms with Crippen molar-refractivity contribution in [1.29, 1.82) is 0 Å². The van der Waals surface area contributed by atoms with Gasteiger partial charge >= 0.3 is 0 Å². The van der Waals surface area contributed by atoms with Crippen LogP contribution in [-0.4, -0.2) is 49.0 Å². The van der Waals surface area contributed by atoms with E-state index >= 15 is 0 Å². The Morgan fingerprint density at radius 2 is 2.33 bits per heavy atom. The molecule has 88 valence electrons. The molecule has 1 fully saturated rings. The molecule has 0 aliphatic carbocycles. The van der Waals surface area contributed by atoms with E-state index in [9.17, 15) is 8.42 Å². The number of aliphatic hydroxyl groups is 1. The van der Waals surface area contributed by atoms with Crippen molar-refractivity contribution in [3.8, 4) is 0 Å². The first-order chi connectivity index (χ1) is 6.87. The first kappa shape index (κ1) is 12.7. The highest BCUT2D eigenvalue weighted by Gasteiger charge is 2.39. The lowest BCUT2D eigenvalue weighted by Gasteiger charge is -2.24. The molecular weight excluding hydrogens is 238 g/mol. The van der Waals surface area contributed by atoms with Crippen molar-refractivity contribution in [2.75, 3.05) is 24.7 Å². The summed E-state index contributed by atoms with van der Waals surface area (Å²) in [5, 5.41) is 11.5. The molecular formula is C8H15NO4S2. The Balaban J connectivity index is 2.48. The van der Waals surface area contributed by atoms with Gasteiger partial charge in [-0.15, -0.1) is 0 Å². The van der Waals surface area contributed by atoms with E-state index in [1.54, 1.807) is 6.92 Å². The summed E-state index contributed by atoms with van der Waals surface area (Å²) in [6.07, 6.45) is 0.526. The molecule has 0 saturated carbocycles. The molecule has 1 heterocycles. The highest BCUT2D eigenvalue weighted by atomic mass is 32.2. The number of aliphatic hydroxyl groups excluding tert-OH is 1. The second-order valence-corrected chi connectivity index (χ2v) is 6.44. The summed E-state index contributed by atoms with van der Waals surface area (Å²) in [6.45, 7) is 1.80. The molecule has 2 N–H and O–H groups in total. The van der Waals surface area contributed by atoms with Crippen LogP contribution < -0.4 is 5.32 Å². The second-order valence-electron chi connectivity index (χ2n) is 3.89. The van der Waals surface area contributed by atoms with Crippen LogP contribution in [0, 0.1) is 0 Å². The van der Waals surface area contributed by atoms with E-state index in [2.05, 4.69) is 5.32 Å². The van der Waals surface area contributed by atoms with E-state index in [0.29, 0.717) is 6.42 Å². The maximum Gasteiger partial charge on any atom is 0.257 e. The van der Waals surface area contributed by atoms with Crippen molar-refractivity contribution in [3.05, 3.63) is 0 Å². The van der Waals surface area contributed by atoms with Gasteiger partial charge in [0.15, 0.2) is 9.84 Å². The molecule has 7 heteroatoms. The van der Waals surface area contributed by atoms with E-state index in [1.165, 1.54) is 0 Å². The van der Waals surface area contributed by atoms with Gasteiger partial charge in [0.05, 0.1) is 23.7 Å². The van der Waals surface area contributed by atoms with E-state index in [1.807, 2.05) is 0 Å². The molecule has 0 amide bonds. The van der Waals surface area contributed by atoms with Crippen molar-refractivity contribution in [2.45, 2.75) is 18.9 Å². The van der Waals surface area contributed by atoms with Gasteiger partial charge in [0.1, 0.15) is 6.61 Å². The van der Waals surface area contributed by atoms with E-state index < -0.39 is 15.4 Å². The SMILES string of the molecule is C[C@@]1(NC(=S)OCCO)CCS(=O)(=O)C1. The molecule has 0 bridgehead atoms. The molecule has 0 unspecified atom stereocenters. The van der Waals surface area contributed by atoms with Crippen molar-refractivity contribution in [3.63, 3.8) is 0 Å². The number of sulfone groups is 1. The first-order valence-electron chi connectivity index (χ1n) is 4.63. The predicted octanol–water partition coefficient (Wildman–Crippen LogP) is -0.553. The third-order valence-electron chi connectivity index (χ3n) is 2.23. The normalized spacial score (nSPS) is 28.7. The Hall–Kier alpha value is -0.400. The van der Waals surface area contributed by atoms with Crippen LogP contribution in [-0.2, 0) is 14.6 Å². The average molecular weight is 253 g/mol. The van der Waals surface area contributed by atoms with Gasteiger partial charge < -0.3 is 15.2 Å². The molecule has 1 saturated heterocycles. The molecule has 0 spiro atoms. The van der Waals surface area contributed by atoms with Crippen LogP contribution in [0.15, 0.2) is 0 Å². The van der Waals surface area contributed by atoms with Crippen molar-refractivity contribution < 1.29 is 18.3 Å². The fourth-order valence-electron chi connectivity index (χ4n) is 1.53. The number of ether oxygens (including phenoxy) is 1. The Morgan fingerprint density at radius 3 is 2.80 bits per heavy atom.